The van der Waals surface area contributed by atoms with E-state index in [1.54, 1.807) is 24.3 Å². The number of carbonyl (C=O) groups excluding carboxylic acids is 2. The van der Waals surface area contributed by atoms with Crippen molar-refractivity contribution in [1.82, 2.24) is 15.1 Å². The molecule has 1 aliphatic rings. The quantitative estimate of drug-likeness (QED) is 0.583. The predicted octanol–water partition coefficient (Wildman–Crippen LogP) is 3.48. The van der Waals surface area contributed by atoms with Gasteiger partial charge >= 0.3 is 0 Å². The van der Waals surface area contributed by atoms with Gasteiger partial charge in [0.1, 0.15) is 5.03 Å². The molecule has 0 aliphatic carbocycles. The molecule has 32 heavy (non-hydrogen) atoms. The number of hydrogen-bond acceptors (Lipinski definition) is 6. The lowest BCUT2D eigenvalue weighted by atomic mass is 10.1. The van der Waals surface area contributed by atoms with Crippen molar-refractivity contribution in [3.63, 3.8) is 0 Å². The summed E-state index contributed by atoms with van der Waals surface area (Å²) in [7, 11) is 0. The first-order valence-corrected chi connectivity index (χ1v) is 11.5. The molecule has 0 radical (unpaired) electrons. The second kappa shape index (κ2) is 10.3. The van der Waals surface area contributed by atoms with E-state index in [1.165, 1.54) is 17.4 Å². The largest absolute Gasteiger partial charge is 0.368 e. The maximum absolute atomic E-state index is 12.6. The fourth-order valence-corrected chi connectivity index (χ4v) is 4.15. The van der Waals surface area contributed by atoms with Crippen molar-refractivity contribution in [3.8, 4) is 0 Å². The van der Waals surface area contributed by atoms with E-state index in [0.29, 0.717) is 35.2 Å². The number of aryl methyl sites for hydroxylation is 1. The van der Waals surface area contributed by atoms with Crippen molar-refractivity contribution >= 4 is 35.1 Å². The highest BCUT2D eigenvalue weighted by Gasteiger charge is 2.21. The molecule has 1 saturated heterocycles. The normalized spacial score (nSPS) is 13.7. The first kappa shape index (κ1) is 21.8. The van der Waals surface area contributed by atoms with E-state index in [9.17, 15) is 9.59 Å². The van der Waals surface area contributed by atoms with E-state index in [4.69, 9.17) is 0 Å². The number of aromatic nitrogens is 2. The molecule has 1 fully saturated rings. The van der Waals surface area contributed by atoms with Gasteiger partial charge in [0, 0.05) is 37.4 Å². The molecule has 1 N–H and O–H groups in total. The molecular formula is C24H25N5O2S. The molecule has 1 aromatic heterocycles. The van der Waals surface area contributed by atoms with Crippen molar-refractivity contribution in [2.45, 2.75) is 11.9 Å². The summed E-state index contributed by atoms with van der Waals surface area (Å²) in [5.41, 5.74) is 2.85. The number of thioether (sulfide) groups is 1. The summed E-state index contributed by atoms with van der Waals surface area (Å²) in [5.74, 6) is 0.559. The van der Waals surface area contributed by atoms with Crippen LogP contribution in [0.1, 0.15) is 15.9 Å². The summed E-state index contributed by atoms with van der Waals surface area (Å²) in [6, 6.07) is 21.0. The number of para-hydroxylation sites is 1. The summed E-state index contributed by atoms with van der Waals surface area (Å²) in [6.07, 6.45) is 0. The highest BCUT2D eigenvalue weighted by molar-refractivity contribution is 7.99. The second-order valence-electron chi connectivity index (χ2n) is 7.57. The maximum atomic E-state index is 12.6. The molecule has 8 heteroatoms. The molecule has 1 aliphatic heterocycles. The van der Waals surface area contributed by atoms with Gasteiger partial charge in [-0.15, -0.1) is 10.2 Å². The fraction of sp³-hybridized carbons (Fsp3) is 0.250. The van der Waals surface area contributed by atoms with Gasteiger partial charge in [-0.2, -0.15) is 0 Å². The molecule has 0 bridgehead atoms. The molecule has 4 rings (SSSR count). The van der Waals surface area contributed by atoms with Crippen LogP contribution in [0.5, 0.6) is 0 Å². The summed E-state index contributed by atoms with van der Waals surface area (Å²) in [6.45, 7) is 5.05. The highest BCUT2D eigenvalue weighted by Crippen LogP contribution is 2.19. The van der Waals surface area contributed by atoms with Crippen molar-refractivity contribution in [3.05, 3.63) is 77.9 Å². The number of nitrogens with one attached hydrogen (secondary N) is 1. The van der Waals surface area contributed by atoms with Crippen LogP contribution in [0.15, 0.2) is 71.8 Å². The minimum atomic E-state index is -0.232. The fourth-order valence-electron chi connectivity index (χ4n) is 3.44. The lowest BCUT2D eigenvalue weighted by Crippen LogP contribution is -2.49. The van der Waals surface area contributed by atoms with Crippen LogP contribution in [-0.2, 0) is 4.79 Å². The van der Waals surface area contributed by atoms with Gasteiger partial charge < -0.3 is 15.1 Å². The Kier molecular flexibility index (Phi) is 7.01. The molecular weight excluding hydrogens is 422 g/mol. The van der Waals surface area contributed by atoms with E-state index < -0.39 is 0 Å². The molecule has 0 spiro atoms. The average molecular weight is 448 g/mol. The van der Waals surface area contributed by atoms with E-state index in [-0.39, 0.29) is 11.8 Å². The van der Waals surface area contributed by atoms with Gasteiger partial charge in [-0.05, 0) is 43.3 Å². The van der Waals surface area contributed by atoms with Crippen molar-refractivity contribution in [2.24, 2.45) is 0 Å². The summed E-state index contributed by atoms with van der Waals surface area (Å²) in [4.78, 5) is 29.1. The number of carbonyl (C=O) groups is 2. The zero-order valence-electron chi connectivity index (χ0n) is 17.9. The average Bonchev–Trinajstić information content (AvgIpc) is 2.84. The first-order valence-electron chi connectivity index (χ1n) is 10.5. The zero-order valence-corrected chi connectivity index (χ0v) is 18.7. The predicted molar refractivity (Wildman–Crippen MR) is 127 cm³/mol. The first-order chi connectivity index (χ1) is 15.6. The Labute approximate surface area is 191 Å². The van der Waals surface area contributed by atoms with Gasteiger partial charge in [0.25, 0.3) is 5.91 Å². The van der Waals surface area contributed by atoms with Crippen LogP contribution in [0.3, 0.4) is 0 Å². The number of rotatable bonds is 6. The number of nitrogens with zero attached hydrogens (tertiary/aromatic N) is 4. The smallest absolute Gasteiger partial charge is 0.256 e. The van der Waals surface area contributed by atoms with E-state index in [1.807, 2.05) is 42.2 Å². The molecule has 0 unspecified atom stereocenters. The Morgan fingerprint density at radius 3 is 2.28 bits per heavy atom. The maximum Gasteiger partial charge on any atom is 0.256 e. The van der Waals surface area contributed by atoms with Gasteiger partial charge in [0.15, 0.2) is 5.82 Å². The second-order valence-corrected chi connectivity index (χ2v) is 8.56. The number of benzene rings is 2. The van der Waals surface area contributed by atoms with Gasteiger partial charge in [0.05, 0.1) is 5.75 Å². The van der Waals surface area contributed by atoms with Crippen molar-refractivity contribution < 1.29 is 9.59 Å². The van der Waals surface area contributed by atoms with E-state index >= 15 is 0 Å². The van der Waals surface area contributed by atoms with Crippen LogP contribution in [0, 0.1) is 6.92 Å². The lowest BCUT2D eigenvalue weighted by molar-refractivity contribution is -0.128. The summed E-state index contributed by atoms with van der Waals surface area (Å²) < 4.78 is 0. The van der Waals surface area contributed by atoms with Gasteiger partial charge in [-0.3, -0.25) is 9.59 Å². The van der Waals surface area contributed by atoms with Crippen LogP contribution in [0.4, 0.5) is 11.5 Å². The Hall–Kier alpha value is -3.39. The summed E-state index contributed by atoms with van der Waals surface area (Å²) >= 11 is 1.35. The third-order valence-electron chi connectivity index (χ3n) is 5.29. The summed E-state index contributed by atoms with van der Waals surface area (Å²) in [5, 5.41) is 11.6. The monoisotopic (exact) mass is 447 g/mol. The zero-order chi connectivity index (χ0) is 22.3. The minimum absolute atomic E-state index is 0.0984. The number of anilines is 2. The Morgan fingerprint density at radius 2 is 1.62 bits per heavy atom. The SMILES string of the molecule is Cc1ccc(C(=O)Nc2ccc(SCC(=O)N3CCN(c4ccccc4)CC3)nn2)cc1. The molecule has 3 aromatic rings. The third kappa shape index (κ3) is 5.64. The molecule has 0 saturated carbocycles. The van der Waals surface area contributed by atoms with Crippen LogP contribution < -0.4 is 10.2 Å². The van der Waals surface area contributed by atoms with E-state index in [2.05, 4.69) is 32.5 Å². The molecule has 7 nitrogen and oxygen atoms in total. The topological polar surface area (TPSA) is 78.4 Å². The van der Waals surface area contributed by atoms with Crippen molar-refractivity contribution in [2.75, 3.05) is 42.1 Å². The van der Waals surface area contributed by atoms with Gasteiger partial charge in [-0.1, -0.05) is 47.7 Å². The van der Waals surface area contributed by atoms with Crippen LogP contribution in [-0.4, -0.2) is 58.8 Å². The Bertz CT molecular complexity index is 1050. The number of hydrogen-bond donors (Lipinski definition) is 1. The highest BCUT2D eigenvalue weighted by atomic mass is 32.2. The molecule has 2 heterocycles. The Morgan fingerprint density at radius 1 is 0.906 bits per heavy atom. The third-order valence-corrected chi connectivity index (χ3v) is 6.20. The van der Waals surface area contributed by atoms with Crippen LogP contribution >= 0.6 is 11.8 Å². The van der Waals surface area contributed by atoms with Crippen LogP contribution in [0.2, 0.25) is 0 Å². The van der Waals surface area contributed by atoms with Gasteiger partial charge in [-0.25, -0.2) is 0 Å². The van der Waals surface area contributed by atoms with Gasteiger partial charge in [0.2, 0.25) is 5.91 Å². The molecule has 2 aromatic carbocycles. The molecule has 0 atom stereocenters. The number of amides is 2. The minimum Gasteiger partial charge on any atom is -0.368 e. The van der Waals surface area contributed by atoms with Crippen LogP contribution in [0.25, 0.3) is 0 Å². The Balaban J connectivity index is 1.23. The molecule has 2 amide bonds. The number of piperazine rings is 1. The van der Waals surface area contributed by atoms with Crippen molar-refractivity contribution in [1.29, 1.82) is 0 Å². The lowest BCUT2D eigenvalue weighted by Gasteiger charge is -2.36. The standard InChI is InChI=1S/C24H25N5O2S/c1-18-7-9-19(10-8-18)24(31)25-21-11-12-22(27-26-21)32-17-23(30)29-15-13-28(14-16-29)20-5-3-2-4-6-20/h2-12H,13-17H2,1H3,(H,25,26,31). The van der Waals surface area contributed by atoms with E-state index in [0.717, 1.165) is 18.7 Å². The molecule has 164 valence electrons.